The van der Waals surface area contributed by atoms with Gasteiger partial charge in [-0.25, -0.2) is 4.39 Å². The van der Waals surface area contributed by atoms with Gasteiger partial charge >= 0.3 is 0 Å². The van der Waals surface area contributed by atoms with Gasteiger partial charge in [0.25, 0.3) is 0 Å². The number of halogens is 2. The minimum Gasteiger partial charge on any atom is -0.396 e. The molecule has 1 heterocycles. The second-order valence-corrected chi connectivity index (χ2v) is 5.90. The van der Waals surface area contributed by atoms with Gasteiger partial charge in [0.05, 0.1) is 11.4 Å². The van der Waals surface area contributed by atoms with Crippen LogP contribution in [-0.4, -0.2) is 15.0 Å². The van der Waals surface area contributed by atoms with E-state index in [0.717, 1.165) is 16.8 Å². The van der Waals surface area contributed by atoms with Crippen LogP contribution in [-0.2, 0) is 0 Å². The molecule has 6 heteroatoms. The Hall–Kier alpha value is -1.70. The average Bonchev–Trinajstić information content (AvgIpc) is 2.77. The van der Waals surface area contributed by atoms with Gasteiger partial charge in [0.1, 0.15) is 16.9 Å². The normalized spacial score (nSPS) is 11.2. The highest BCUT2D eigenvalue weighted by Gasteiger charge is 2.11. The van der Waals surface area contributed by atoms with Gasteiger partial charge in [-0.1, -0.05) is 0 Å². The van der Waals surface area contributed by atoms with E-state index in [4.69, 9.17) is 5.73 Å². The zero-order valence-corrected chi connectivity index (χ0v) is 13.1. The molecule has 3 aromatic rings. The highest BCUT2D eigenvalue weighted by Crippen LogP contribution is 2.23. The molecular formula is C14H12FIN4. The molecule has 0 saturated heterocycles. The zero-order chi connectivity index (χ0) is 14.4. The van der Waals surface area contributed by atoms with Crippen molar-refractivity contribution in [2.75, 3.05) is 5.73 Å². The summed E-state index contributed by atoms with van der Waals surface area (Å²) in [6, 6.07) is 6.91. The van der Waals surface area contributed by atoms with Gasteiger partial charge in [-0.05, 0) is 65.8 Å². The van der Waals surface area contributed by atoms with Crippen LogP contribution in [0.3, 0.4) is 0 Å². The number of benzene rings is 2. The molecule has 3 rings (SSSR count). The summed E-state index contributed by atoms with van der Waals surface area (Å²) in [5, 5.41) is 8.70. The van der Waals surface area contributed by atoms with Gasteiger partial charge in [-0.15, -0.1) is 10.2 Å². The van der Waals surface area contributed by atoms with E-state index in [-0.39, 0.29) is 5.69 Å². The van der Waals surface area contributed by atoms with Crippen LogP contribution in [0.25, 0.3) is 16.7 Å². The Morgan fingerprint density at radius 1 is 1.05 bits per heavy atom. The Morgan fingerprint density at radius 2 is 1.70 bits per heavy atom. The lowest BCUT2D eigenvalue weighted by Crippen LogP contribution is -2.02. The Morgan fingerprint density at radius 3 is 2.40 bits per heavy atom. The van der Waals surface area contributed by atoms with Gasteiger partial charge in [-0.2, -0.15) is 4.80 Å². The molecule has 0 aliphatic rings. The van der Waals surface area contributed by atoms with Crippen LogP contribution in [0.1, 0.15) is 11.1 Å². The molecular weight excluding hydrogens is 370 g/mol. The first kappa shape index (κ1) is 13.3. The number of nitrogens with two attached hydrogens (primary N) is 1. The van der Waals surface area contributed by atoms with Crippen molar-refractivity contribution in [3.8, 4) is 5.69 Å². The zero-order valence-electron chi connectivity index (χ0n) is 11.0. The molecule has 0 fully saturated rings. The lowest BCUT2D eigenvalue weighted by atomic mass is 10.1. The fourth-order valence-corrected chi connectivity index (χ4v) is 2.67. The number of rotatable bonds is 1. The summed E-state index contributed by atoms with van der Waals surface area (Å²) in [6.07, 6.45) is 0. The Bertz CT molecular complexity index is 787. The largest absolute Gasteiger partial charge is 0.396 e. The topological polar surface area (TPSA) is 56.7 Å². The third kappa shape index (κ3) is 2.13. The van der Waals surface area contributed by atoms with Gasteiger partial charge in [0.2, 0.25) is 0 Å². The van der Waals surface area contributed by atoms with Crippen molar-refractivity contribution in [1.82, 2.24) is 15.0 Å². The fourth-order valence-electron chi connectivity index (χ4n) is 2.04. The molecule has 0 saturated carbocycles. The number of nitrogen functional groups attached to an aromatic ring is 1. The van der Waals surface area contributed by atoms with Crippen molar-refractivity contribution in [1.29, 1.82) is 0 Å². The van der Waals surface area contributed by atoms with E-state index < -0.39 is 5.82 Å². The third-order valence-electron chi connectivity index (χ3n) is 3.19. The molecule has 4 nitrogen and oxygen atoms in total. The lowest BCUT2D eigenvalue weighted by Gasteiger charge is -2.07. The maximum atomic E-state index is 13.5. The van der Waals surface area contributed by atoms with E-state index >= 15 is 0 Å². The molecule has 0 radical (unpaired) electrons. The van der Waals surface area contributed by atoms with Crippen molar-refractivity contribution in [3.05, 3.63) is 44.8 Å². The number of anilines is 1. The standard InChI is InChI=1S/C14H12FIN4/c1-7-4-14(8(2)3-10(7)16)20-18-12-5-9(15)11(17)6-13(12)19-20/h3-6H,17H2,1-2H3. The monoisotopic (exact) mass is 382 g/mol. The van der Waals surface area contributed by atoms with E-state index in [2.05, 4.69) is 38.9 Å². The molecule has 0 atom stereocenters. The van der Waals surface area contributed by atoms with Crippen molar-refractivity contribution in [2.45, 2.75) is 13.8 Å². The summed E-state index contributed by atoms with van der Waals surface area (Å²) < 4.78 is 14.6. The van der Waals surface area contributed by atoms with Gasteiger partial charge in [0.15, 0.2) is 0 Å². The first-order valence-corrected chi connectivity index (χ1v) is 7.13. The molecule has 102 valence electrons. The van der Waals surface area contributed by atoms with E-state index in [1.165, 1.54) is 20.5 Å². The van der Waals surface area contributed by atoms with Crippen LogP contribution in [0.4, 0.5) is 10.1 Å². The molecule has 0 amide bonds. The smallest absolute Gasteiger partial charge is 0.148 e. The summed E-state index contributed by atoms with van der Waals surface area (Å²) in [6.45, 7) is 4.03. The molecule has 0 aliphatic heterocycles. The number of aryl methyl sites for hydroxylation is 2. The SMILES string of the molecule is Cc1cc(-n2nc3cc(N)c(F)cc3n2)c(C)cc1I. The number of hydrogen-bond acceptors (Lipinski definition) is 3. The first-order chi connectivity index (χ1) is 9.45. The average molecular weight is 382 g/mol. The summed E-state index contributed by atoms with van der Waals surface area (Å²) in [7, 11) is 0. The molecule has 20 heavy (non-hydrogen) atoms. The highest BCUT2D eigenvalue weighted by atomic mass is 127. The van der Waals surface area contributed by atoms with Crippen molar-refractivity contribution < 1.29 is 4.39 Å². The van der Waals surface area contributed by atoms with E-state index in [9.17, 15) is 4.39 Å². The minimum atomic E-state index is -0.472. The predicted octanol–water partition coefficient (Wildman–Crippen LogP) is 3.36. The summed E-state index contributed by atoms with van der Waals surface area (Å²) in [5.74, 6) is -0.472. The number of aromatic nitrogens is 3. The van der Waals surface area contributed by atoms with Crippen molar-refractivity contribution in [3.63, 3.8) is 0 Å². The van der Waals surface area contributed by atoms with Crippen LogP contribution in [0, 0.1) is 23.2 Å². The molecule has 0 spiro atoms. The van der Waals surface area contributed by atoms with E-state index in [1.54, 1.807) is 0 Å². The minimum absolute atomic E-state index is 0.0834. The maximum Gasteiger partial charge on any atom is 0.148 e. The Balaban J connectivity index is 2.22. The van der Waals surface area contributed by atoms with Gasteiger partial charge < -0.3 is 5.73 Å². The third-order valence-corrected chi connectivity index (χ3v) is 4.35. The predicted molar refractivity (Wildman–Crippen MR) is 85.4 cm³/mol. The van der Waals surface area contributed by atoms with Gasteiger partial charge in [0, 0.05) is 9.64 Å². The van der Waals surface area contributed by atoms with Crippen LogP contribution < -0.4 is 5.73 Å². The van der Waals surface area contributed by atoms with Crippen molar-refractivity contribution in [2.24, 2.45) is 0 Å². The highest BCUT2D eigenvalue weighted by molar-refractivity contribution is 14.1. The van der Waals surface area contributed by atoms with Crippen LogP contribution in [0.15, 0.2) is 24.3 Å². The summed E-state index contributed by atoms with van der Waals surface area (Å²) in [5.41, 5.74) is 9.82. The maximum absolute atomic E-state index is 13.5. The number of nitrogens with zero attached hydrogens (tertiary/aromatic N) is 3. The molecule has 2 N–H and O–H groups in total. The van der Waals surface area contributed by atoms with Crippen LogP contribution >= 0.6 is 22.6 Å². The second-order valence-electron chi connectivity index (χ2n) is 4.74. The molecule has 0 aliphatic carbocycles. The van der Waals surface area contributed by atoms with Crippen molar-refractivity contribution >= 4 is 39.3 Å². The van der Waals surface area contributed by atoms with Crippen LogP contribution in [0.2, 0.25) is 0 Å². The van der Waals surface area contributed by atoms with Gasteiger partial charge in [-0.3, -0.25) is 0 Å². The molecule has 0 unspecified atom stereocenters. The second kappa shape index (κ2) is 4.69. The Kier molecular flexibility index (Phi) is 3.12. The summed E-state index contributed by atoms with van der Waals surface area (Å²) >= 11 is 2.29. The van der Waals surface area contributed by atoms with E-state index in [1.807, 2.05) is 19.9 Å². The van der Waals surface area contributed by atoms with Crippen LogP contribution in [0.5, 0.6) is 0 Å². The summed E-state index contributed by atoms with van der Waals surface area (Å²) in [4.78, 5) is 1.53. The molecule has 0 bridgehead atoms. The quantitative estimate of drug-likeness (QED) is 0.519. The molecule has 2 aromatic carbocycles. The first-order valence-electron chi connectivity index (χ1n) is 6.05. The molecule has 1 aromatic heterocycles. The lowest BCUT2D eigenvalue weighted by molar-refractivity contribution is 0.634. The number of fused-ring (bicyclic) bond motifs is 1. The Labute approximate surface area is 128 Å². The number of hydrogen-bond donors (Lipinski definition) is 1. The van der Waals surface area contributed by atoms with E-state index in [0.29, 0.717) is 11.0 Å². The fraction of sp³-hybridized carbons (Fsp3) is 0.143.